The Morgan fingerprint density at radius 2 is 2.44 bits per heavy atom. The molecule has 0 saturated carbocycles. The fraction of sp³-hybridized carbons (Fsp3) is 0. The second kappa shape index (κ2) is 2.36. The number of hydrogen-bond donors (Lipinski definition) is 3. The van der Waals surface area contributed by atoms with E-state index in [2.05, 4.69) is 22.6 Å². The molecule has 0 amide bonds. The number of hydrogen-bond acceptors (Lipinski definition) is 4. The van der Waals surface area contributed by atoms with Crippen LogP contribution in [0.1, 0.15) is 0 Å². The zero-order valence-electron chi connectivity index (χ0n) is 4.46. The molecule has 0 unspecified atom stereocenters. The van der Waals surface area contributed by atoms with Crippen molar-refractivity contribution in [1.82, 2.24) is 9.97 Å². The van der Waals surface area contributed by atoms with E-state index in [9.17, 15) is 0 Å². The Morgan fingerprint density at radius 3 is 2.89 bits per heavy atom. The van der Waals surface area contributed by atoms with E-state index < -0.39 is 0 Å². The van der Waals surface area contributed by atoms with Crippen LogP contribution < -0.4 is 5.73 Å². The summed E-state index contributed by atoms with van der Waals surface area (Å²) in [6.07, 6.45) is 0. The van der Waals surface area contributed by atoms with Gasteiger partial charge in [-0.25, -0.2) is 4.98 Å². The van der Waals surface area contributed by atoms with Crippen molar-refractivity contribution in [3.8, 4) is 0 Å². The molecular formula is C4H5N3S2. The van der Waals surface area contributed by atoms with Gasteiger partial charge < -0.3 is 10.7 Å². The highest BCUT2D eigenvalue weighted by Gasteiger charge is 1.87. The number of nitrogens with one attached hydrogen (secondary N) is 1. The molecule has 0 aliphatic heterocycles. The first kappa shape index (κ1) is 6.57. The van der Waals surface area contributed by atoms with Crippen LogP contribution >= 0.6 is 24.8 Å². The van der Waals surface area contributed by atoms with Gasteiger partial charge in [0.05, 0.1) is 5.03 Å². The quantitative estimate of drug-likeness (QED) is 0.301. The predicted octanol–water partition coefficient (Wildman–Crippen LogP) is 1.01. The third-order valence-electron chi connectivity index (χ3n) is 0.746. The molecule has 0 spiro atoms. The number of rotatable bonds is 0. The molecule has 0 saturated heterocycles. The van der Waals surface area contributed by atoms with Gasteiger partial charge in [-0.15, -0.1) is 12.6 Å². The Labute approximate surface area is 62.7 Å². The zero-order chi connectivity index (χ0) is 6.85. The standard InChI is InChI=1S/C4H5N3S2/c5-4-6-2(8)1-3(9)7-4/h1H,(H4,5,6,7,8,9). The number of nitrogens with two attached hydrogens (primary N) is 1. The number of nitrogens with zero attached hydrogens (tertiary/aromatic N) is 1. The van der Waals surface area contributed by atoms with Gasteiger partial charge in [0, 0.05) is 6.07 Å². The lowest BCUT2D eigenvalue weighted by molar-refractivity contribution is 1.06. The van der Waals surface area contributed by atoms with Crippen molar-refractivity contribution in [1.29, 1.82) is 0 Å². The molecule has 48 valence electrons. The van der Waals surface area contributed by atoms with Crippen LogP contribution in [-0.2, 0) is 0 Å². The van der Waals surface area contributed by atoms with Crippen molar-refractivity contribution in [3.63, 3.8) is 0 Å². The third kappa shape index (κ3) is 1.69. The molecule has 0 aliphatic rings. The molecule has 0 aromatic carbocycles. The number of nitrogen functional groups attached to an aromatic ring is 1. The van der Waals surface area contributed by atoms with Crippen molar-refractivity contribution >= 4 is 30.8 Å². The average Bonchev–Trinajstić information content (AvgIpc) is 1.59. The first-order chi connectivity index (χ1) is 4.18. The van der Waals surface area contributed by atoms with E-state index in [-0.39, 0.29) is 0 Å². The van der Waals surface area contributed by atoms with E-state index >= 15 is 0 Å². The van der Waals surface area contributed by atoms with Crippen LogP contribution in [0.4, 0.5) is 5.95 Å². The minimum Gasteiger partial charge on any atom is -0.369 e. The molecule has 0 radical (unpaired) electrons. The highest BCUT2D eigenvalue weighted by Crippen LogP contribution is 2.01. The molecule has 1 aromatic rings. The first-order valence-corrected chi connectivity index (χ1v) is 3.10. The fourth-order valence-electron chi connectivity index (χ4n) is 0.463. The summed E-state index contributed by atoms with van der Waals surface area (Å²) >= 11 is 8.71. The molecular weight excluding hydrogens is 154 g/mol. The number of anilines is 1. The average molecular weight is 159 g/mol. The Kier molecular flexibility index (Phi) is 1.73. The molecule has 0 atom stereocenters. The Balaban J connectivity index is 3.33. The minimum absolute atomic E-state index is 0.299. The van der Waals surface area contributed by atoms with E-state index in [4.69, 9.17) is 18.0 Å². The van der Waals surface area contributed by atoms with Gasteiger partial charge >= 0.3 is 0 Å². The van der Waals surface area contributed by atoms with E-state index in [1.54, 1.807) is 6.07 Å². The van der Waals surface area contributed by atoms with Crippen molar-refractivity contribution in [2.45, 2.75) is 5.03 Å². The van der Waals surface area contributed by atoms with Crippen LogP contribution in [0.25, 0.3) is 0 Å². The van der Waals surface area contributed by atoms with Gasteiger partial charge in [-0.2, -0.15) is 0 Å². The smallest absolute Gasteiger partial charge is 0.199 e. The summed E-state index contributed by atoms with van der Waals surface area (Å²) in [5, 5.41) is 0.538. The maximum absolute atomic E-state index is 5.28. The van der Waals surface area contributed by atoms with Gasteiger partial charge in [-0.1, -0.05) is 12.2 Å². The summed E-state index contributed by atoms with van der Waals surface area (Å²) in [5.41, 5.74) is 5.28. The summed E-state index contributed by atoms with van der Waals surface area (Å²) < 4.78 is 0.549. The topological polar surface area (TPSA) is 54.7 Å². The summed E-state index contributed by atoms with van der Waals surface area (Å²) in [6, 6.07) is 1.62. The van der Waals surface area contributed by atoms with Crippen molar-refractivity contribution < 1.29 is 0 Å². The first-order valence-electron chi connectivity index (χ1n) is 2.24. The van der Waals surface area contributed by atoms with Crippen molar-refractivity contribution in [2.75, 3.05) is 5.73 Å². The molecule has 1 aromatic heterocycles. The van der Waals surface area contributed by atoms with Gasteiger partial charge in [0.1, 0.15) is 4.64 Å². The van der Waals surface area contributed by atoms with Crippen molar-refractivity contribution in [3.05, 3.63) is 10.7 Å². The summed E-state index contributed by atoms with van der Waals surface area (Å²) in [5.74, 6) is 0.299. The van der Waals surface area contributed by atoms with E-state index in [0.29, 0.717) is 15.6 Å². The van der Waals surface area contributed by atoms with Crippen LogP contribution in [0, 0.1) is 4.64 Å². The van der Waals surface area contributed by atoms with Gasteiger partial charge in [-0.3, -0.25) is 0 Å². The summed E-state index contributed by atoms with van der Waals surface area (Å²) in [4.78, 5) is 6.40. The fourth-order valence-corrected chi connectivity index (χ4v) is 1.00. The number of thiol groups is 1. The third-order valence-corrected chi connectivity index (χ3v) is 1.20. The van der Waals surface area contributed by atoms with E-state index in [0.717, 1.165) is 0 Å². The van der Waals surface area contributed by atoms with E-state index in [1.165, 1.54) is 0 Å². The number of aromatic nitrogens is 2. The molecule has 0 fully saturated rings. The lowest BCUT2D eigenvalue weighted by Crippen LogP contribution is -1.93. The lowest BCUT2D eigenvalue weighted by Gasteiger charge is -1.91. The van der Waals surface area contributed by atoms with Crippen LogP contribution in [0.5, 0.6) is 0 Å². The van der Waals surface area contributed by atoms with Crippen molar-refractivity contribution in [2.24, 2.45) is 0 Å². The van der Waals surface area contributed by atoms with Crippen LogP contribution in [-0.4, -0.2) is 9.97 Å². The molecule has 9 heavy (non-hydrogen) atoms. The minimum atomic E-state index is 0.299. The van der Waals surface area contributed by atoms with Gasteiger partial charge in [0.2, 0.25) is 0 Å². The highest BCUT2D eigenvalue weighted by atomic mass is 32.1. The molecule has 0 aliphatic carbocycles. The van der Waals surface area contributed by atoms with Crippen LogP contribution in [0.3, 0.4) is 0 Å². The normalized spacial score (nSPS) is 9.44. The SMILES string of the molecule is Nc1nc(S)cc(=S)[nH]1. The number of aromatic amines is 1. The molecule has 1 heterocycles. The predicted molar refractivity (Wildman–Crippen MR) is 41.1 cm³/mol. The second-order valence-electron chi connectivity index (χ2n) is 1.49. The molecule has 3 nitrogen and oxygen atoms in total. The zero-order valence-corrected chi connectivity index (χ0v) is 6.17. The van der Waals surface area contributed by atoms with Gasteiger partial charge in [0.15, 0.2) is 5.95 Å². The molecule has 0 bridgehead atoms. The summed E-state index contributed by atoms with van der Waals surface area (Å²) in [6.45, 7) is 0. The maximum Gasteiger partial charge on any atom is 0.199 e. The second-order valence-corrected chi connectivity index (χ2v) is 2.39. The number of H-pyrrole nitrogens is 1. The Hall–Kier alpha value is -0.550. The van der Waals surface area contributed by atoms with Crippen LogP contribution in [0.2, 0.25) is 0 Å². The monoisotopic (exact) mass is 159 g/mol. The highest BCUT2D eigenvalue weighted by molar-refractivity contribution is 7.80. The van der Waals surface area contributed by atoms with Gasteiger partial charge in [-0.05, 0) is 0 Å². The summed E-state index contributed by atoms with van der Waals surface area (Å²) in [7, 11) is 0. The molecule has 5 heteroatoms. The van der Waals surface area contributed by atoms with Gasteiger partial charge in [0.25, 0.3) is 0 Å². The largest absolute Gasteiger partial charge is 0.369 e. The molecule has 1 rings (SSSR count). The van der Waals surface area contributed by atoms with Crippen LogP contribution in [0.15, 0.2) is 11.1 Å². The Bertz CT molecular complexity index is 244. The molecule has 3 N–H and O–H groups in total. The van der Waals surface area contributed by atoms with E-state index in [1.807, 2.05) is 0 Å². The Morgan fingerprint density at radius 1 is 1.78 bits per heavy atom. The lowest BCUT2D eigenvalue weighted by atomic mass is 10.7. The maximum atomic E-state index is 5.28.